The Labute approximate surface area is 108 Å². The smallest absolute Gasteiger partial charge is 0.202 e. The van der Waals surface area contributed by atoms with E-state index in [2.05, 4.69) is 28.5 Å². The minimum absolute atomic E-state index is 0.928. The second kappa shape index (κ2) is 6.34. The molecule has 0 aromatic carbocycles. The summed E-state index contributed by atoms with van der Waals surface area (Å²) in [5.41, 5.74) is 0. The molecule has 0 spiro atoms. The van der Waals surface area contributed by atoms with E-state index in [1.807, 2.05) is 0 Å². The van der Waals surface area contributed by atoms with Crippen LogP contribution in [0.4, 0.5) is 5.13 Å². The Morgan fingerprint density at radius 2 is 2.06 bits per heavy atom. The molecule has 4 heteroatoms. The minimum atomic E-state index is 0.928. The van der Waals surface area contributed by atoms with Crippen LogP contribution in [0.1, 0.15) is 51.8 Å². The van der Waals surface area contributed by atoms with Gasteiger partial charge in [0.05, 0.1) is 0 Å². The largest absolute Gasteiger partial charge is 0.360 e. The van der Waals surface area contributed by atoms with Gasteiger partial charge in [-0.2, -0.15) is 4.37 Å². The molecule has 1 aromatic heterocycles. The molecule has 1 heterocycles. The Hall–Kier alpha value is -0.640. The zero-order valence-corrected chi connectivity index (χ0v) is 11.7. The summed E-state index contributed by atoms with van der Waals surface area (Å²) < 4.78 is 4.28. The van der Waals surface area contributed by atoms with Gasteiger partial charge in [-0.3, -0.25) is 0 Å². The number of nitrogens with one attached hydrogen (secondary N) is 1. The van der Waals surface area contributed by atoms with Gasteiger partial charge in [0.1, 0.15) is 5.82 Å². The van der Waals surface area contributed by atoms with E-state index in [-0.39, 0.29) is 0 Å². The Morgan fingerprint density at radius 3 is 2.71 bits per heavy atom. The lowest BCUT2D eigenvalue weighted by atomic mass is 9.81. The summed E-state index contributed by atoms with van der Waals surface area (Å²) in [6.07, 6.45) is 7.89. The van der Waals surface area contributed by atoms with Crippen LogP contribution < -0.4 is 5.32 Å². The first-order valence-corrected chi connectivity index (χ1v) is 7.61. The van der Waals surface area contributed by atoms with E-state index in [9.17, 15) is 0 Å². The second-order valence-corrected chi connectivity index (χ2v) is 5.96. The molecule has 0 radical (unpaired) electrons. The molecule has 2 rings (SSSR count). The quantitative estimate of drug-likeness (QED) is 0.869. The molecule has 96 valence electrons. The lowest BCUT2D eigenvalue weighted by Gasteiger charge is -2.25. The molecule has 0 amide bonds. The van der Waals surface area contributed by atoms with Crippen LogP contribution in [0.15, 0.2) is 0 Å². The number of rotatable bonds is 5. The molecule has 0 atom stereocenters. The third-order valence-electron chi connectivity index (χ3n) is 3.75. The number of anilines is 1. The van der Waals surface area contributed by atoms with Gasteiger partial charge in [-0.25, -0.2) is 4.98 Å². The summed E-state index contributed by atoms with van der Waals surface area (Å²) in [5, 5.41) is 4.39. The van der Waals surface area contributed by atoms with E-state index < -0.39 is 0 Å². The summed E-state index contributed by atoms with van der Waals surface area (Å²) in [6, 6.07) is 0. The Bertz CT molecular complexity index is 329. The van der Waals surface area contributed by atoms with Gasteiger partial charge in [0.15, 0.2) is 0 Å². The molecule has 1 saturated carbocycles. The van der Waals surface area contributed by atoms with Crippen molar-refractivity contribution in [1.82, 2.24) is 9.36 Å². The van der Waals surface area contributed by atoms with E-state index in [1.54, 1.807) is 0 Å². The molecule has 17 heavy (non-hydrogen) atoms. The maximum Gasteiger partial charge on any atom is 0.202 e. The van der Waals surface area contributed by atoms with Crippen molar-refractivity contribution in [3.8, 4) is 0 Å². The number of aryl methyl sites for hydroxylation is 1. The lowest BCUT2D eigenvalue weighted by molar-refractivity contribution is 0.282. The van der Waals surface area contributed by atoms with Crippen molar-refractivity contribution in [1.29, 1.82) is 0 Å². The lowest BCUT2D eigenvalue weighted by Crippen LogP contribution is -2.15. The first kappa shape index (κ1) is 12.8. The van der Waals surface area contributed by atoms with Crippen molar-refractivity contribution in [2.45, 2.75) is 52.4 Å². The van der Waals surface area contributed by atoms with E-state index in [4.69, 9.17) is 0 Å². The highest BCUT2D eigenvalue weighted by Crippen LogP contribution is 2.30. The third kappa shape index (κ3) is 3.95. The van der Waals surface area contributed by atoms with Crippen LogP contribution in [0.5, 0.6) is 0 Å². The predicted octanol–water partition coefficient (Wildman–Crippen LogP) is 3.73. The predicted molar refractivity (Wildman–Crippen MR) is 73.5 cm³/mol. The molecule has 0 aliphatic heterocycles. The van der Waals surface area contributed by atoms with Crippen molar-refractivity contribution in [3.05, 3.63) is 5.82 Å². The van der Waals surface area contributed by atoms with Gasteiger partial charge in [0, 0.05) is 24.5 Å². The van der Waals surface area contributed by atoms with Crippen molar-refractivity contribution in [2.24, 2.45) is 11.8 Å². The van der Waals surface area contributed by atoms with Gasteiger partial charge in [-0.05, 0) is 18.3 Å². The van der Waals surface area contributed by atoms with E-state index in [0.717, 1.165) is 35.8 Å². The summed E-state index contributed by atoms with van der Waals surface area (Å²) in [4.78, 5) is 4.42. The van der Waals surface area contributed by atoms with Gasteiger partial charge in [-0.1, -0.05) is 39.5 Å². The van der Waals surface area contributed by atoms with Crippen molar-refractivity contribution < 1.29 is 0 Å². The first-order chi connectivity index (χ1) is 8.28. The van der Waals surface area contributed by atoms with E-state index in [1.165, 1.54) is 43.6 Å². The maximum atomic E-state index is 4.42. The van der Waals surface area contributed by atoms with Crippen molar-refractivity contribution in [2.75, 3.05) is 11.9 Å². The summed E-state index contributed by atoms with van der Waals surface area (Å²) in [6.45, 7) is 5.52. The fraction of sp³-hybridized carbons (Fsp3) is 0.846. The average Bonchev–Trinajstić information content (AvgIpc) is 2.80. The van der Waals surface area contributed by atoms with Crippen LogP contribution in [-0.4, -0.2) is 15.9 Å². The number of nitrogens with zero attached hydrogens (tertiary/aromatic N) is 2. The standard InChI is InChI=1S/C13H23N3S/c1-3-12-15-13(17-16-12)14-9-8-11-6-4-10(2)5-7-11/h10-11H,3-9H2,1-2H3,(H,14,15,16). The van der Waals surface area contributed by atoms with Crippen LogP contribution >= 0.6 is 11.5 Å². The normalized spacial score (nSPS) is 24.8. The fourth-order valence-corrected chi connectivity index (χ4v) is 3.14. The van der Waals surface area contributed by atoms with Crippen LogP contribution in [-0.2, 0) is 6.42 Å². The van der Waals surface area contributed by atoms with Gasteiger partial charge >= 0.3 is 0 Å². The Balaban J connectivity index is 1.65. The number of hydrogen-bond donors (Lipinski definition) is 1. The second-order valence-electron chi connectivity index (χ2n) is 5.21. The molecular weight excluding hydrogens is 230 g/mol. The molecule has 0 bridgehead atoms. The molecule has 0 saturated heterocycles. The van der Waals surface area contributed by atoms with Gasteiger partial charge < -0.3 is 5.32 Å². The fourth-order valence-electron chi connectivity index (χ4n) is 2.47. The van der Waals surface area contributed by atoms with Gasteiger partial charge in [0.25, 0.3) is 0 Å². The molecule has 1 aliphatic rings. The number of hydrogen-bond acceptors (Lipinski definition) is 4. The number of aromatic nitrogens is 2. The van der Waals surface area contributed by atoms with Crippen molar-refractivity contribution >= 4 is 16.7 Å². The van der Waals surface area contributed by atoms with Gasteiger partial charge in [-0.15, -0.1) is 0 Å². The molecule has 1 fully saturated rings. The molecular formula is C13H23N3S. The first-order valence-electron chi connectivity index (χ1n) is 6.84. The van der Waals surface area contributed by atoms with E-state index in [0.29, 0.717) is 0 Å². The third-order valence-corrected chi connectivity index (χ3v) is 4.46. The Kier molecular flexibility index (Phi) is 4.77. The molecule has 3 nitrogen and oxygen atoms in total. The average molecular weight is 253 g/mol. The van der Waals surface area contributed by atoms with Crippen LogP contribution in [0.3, 0.4) is 0 Å². The molecule has 1 aliphatic carbocycles. The Morgan fingerprint density at radius 1 is 1.29 bits per heavy atom. The zero-order valence-electron chi connectivity index (χ0n) is 10.9. The maximum absolute atomic E-state index is 4.42. The zero-order chi connectivity index (χ0) is 12.1. The highest BCUT2D eigenvalue weighted by Gasteiger charge is 2.17. The molecule has 1 aromatic rings. The highest BCUT2D eigenvalue weighted by molar-refractivity contribution is 7.09. The van der Waals surface area contributed by atoms with Crippen LogP contribution in [0.25, 0.3) is 0 Å². The molecule has 0 unspecified atom stereocenters. The minimum Gasteiger partial charge on any atom is -0.360 e. The SMILES string of the molecule is CCc1nsc(NCCC2CCC(C)CC2)n1. The topological polar surface area (TPSA) is 37.8 Å². The van der Waals surface area contributed by atoms with Crippen molar-refractivity contribution in [3.63, 3.8) is 0 Å². The molecule has 1 N–H and O–H groups in total. The summed E-state index contributed by atoms with van der Waals surface area (Å²) in [7, 11) is 0. The summed E-state index contributed by atoms with van der Waals surface area (Å²) in [5.74, 6) is 2.84. The summed E-state index contributed by atoms with van der Waals surface area (Å²) >= 11 is 1.49. The van der Waals surface area contributed by atoms with E-state index >= 15 is 0 Å². The van der Waals surface area contributed by atoms with Crippen LogP contribution in [0.2, 0.25) is 0 Å². The van der Waals surface area contributed by atoms with Gasteiger partial charge in [0.2, 0.25) is 5.13 Å². The monoisotopic (exact) mass is 253 g/mol. The van der Waals surface area contributed by atoms with Crippen LogP contribution in [0, 0.1) is 11.8 Å². The highest BCUT2D eigenvalue weighted by atomic mass is 32.1.